The molecule has 1 aliphatic heterocycles. The van der Waals surface area contributed by atoms with E-state index in [9.17, 15) is 32.3 Å². The predicted octanol–water partition coefficient (Wildman–Crippen LogP) is 4.87. The van der Waals surface area contributed by atoms with Crippen LogP contribution in [0.25, 0.3) is 10.4 Å². The quantitative estimate of drug-likeness (QED) is 0.400. The molecule has 38 heavy (non-hydrogen) atoms. The number of likely N-dealkylation sites (tertiary alicyclic amines) is 1. The third kappa shape index (κ3) is 6.42. The molecule has 1 saturated carbocycles. The molecule has 2 aliphatic rings. The van der Waals surface area contributed by atoms with Crippen LogP contribution in [0.5, 0.6) is 0 Å². The van der Waals surface area contributed by atoms with E-state index in [-0.39, 0.29) is 39.5 Å². The molecule has 2 aromatic rings. The Hall–Kier alpha value is -2.80. The van der Waals surface area contributed by atoms with Crippen LogP contribution < -0.4 is 10.6 Å². The highest BCUT2D eigenvalue weighted by Gasteiger charge is 2.46. The topological polar surface area (TPSA) is 107 Å². The van der Waals surface area contributed by atoms with Gasteiger partial charge in [0, 0.05) is 42.4 Å². The Morgan fingerprint density at radius 2 is 1.97 bits per heavy atom. The number of carbonyl (C=O) groups is 2. The van der Waals surface area contributed by atoms with Gasteiger partial charge in [-0.3, -0.25) is 9.59 Å². The molecule has 208 valence electrons. The van der Waals surface area contributed by atoms with Gasteiger partial charge in [-0.25, -0.2) is 27.5 Å². The summed E-state index contributed by atoms with van der Waals surface area (Å²) in [7, 11) is 0. The minimum atomic E-state index is -3.10. The summed E-state index contributed by atoms with van der Waals surface area (Å²) in [5.41, 5.74) is -2.12. The van der Waals surface area contributed by atoms with Crippen LogP contribution in [0.15, 0.2) is 12.3 Å². The van der Waals surface area contributed by atoms with Gasteiger partial charge in [-0.2, -0.15) is 0 Å². The zero-order chi connectivity index (χ0) is 27.8. The van der Waals surface area contributed by atoms with E-state index >= 15 is 0 Å². The first-order valence-electron chi connectivity index (χ1n) is 12.5. The first kappa shape index (κ1) is 28.2. The number of hydrogen-bond donors (Lipinski definition) is 3. The SMILES string of the molecule is C[C@H]1CC(F)(F)CN1C(=O)c1nc(C(=O)NCC(C)(C)O)sc1-c1cnc(NC2CCCC2)cc1C(F)F. The number of alkyl halides is 4. The van der Waals surface area contributed by atoms with Crippen molar-refractivity contribution in [3.63, 3.8) is 0 Å². The molecule has 2 aromatic heterocycles. The number of hydrogen-bond acceptors (Lipinski definition) is 7. The lowest BCUT2D eigenvalue weighted by atomic mass is 10.1. The number of thiazole rings is 1. The van der Waals surface area contributed by atoms with E-state index in [0.29, 0.717) is 11.3 Å². The van der Waals surface area contributed by atoms with Gasteiger partial charge in [0.1, 0.15) is 11.5 Å². The Kier molecular flexibility index (Phi) is 7.99. The summed E-state index contributed by atoms with van der Waals surface area (Å²) in [5.74, 6) is -4.44. The van der Waals surface area contributed by atoms with Gasteiger partial charge in [-0.1, -0.05) is 12.8 Å². The molecule has 4 rings (SSSR count). The Morgan fingerprint density at radius 3 is 2.55 bits per heavy atom. The second-order valence-electron chi connectivity index (χ2n) is 10.6. The molecule has 8 nitrogen and oxygen atoms in total. The van der Waals surface area contributed by atoms with Crippen molar-refractivity contribution in [1.82, 2.24) is 20.2 Å². The van der Waals surface area contributed by atoms with Gasteiger partial charge in [0.2, 0.25) is 0 Å². The molecular weight excluding hydrogens is 526 g/mol. The normalized spacial score (nSPS) is 19.8. The van der Waals surface area contributed by atoms with E-state index in [2.05, 4.69) is 20.6 Å². The number of nitrogens with one attached hydrogen (secondary N) is 2. The molecule has 3 N–H and O–H groups in total. The van der Waals surface area contributed by atoms with Gasteiger partial charge in [0.25, 0.3) is 24.2 Å². The lowest BCUT2D eigenvalue weighted by Gasteiger charge is -2.20. The Morgan fingerprint density at radius 1 is 1.29 bits per heavy atom. The van der Waals surface area contributed by atoms with E-state index in [4.69, 9.17) is 0 Å². The summed E-state index contributed by atoms with van der Waals surface area (Å²) >= 11 is 0.696. The van der Waals surface area contributed by atoms with Crippen molar-refractivity contribution >= 4 is 29.0 Å². The number of amides is 2. The van der Waals surface area contributed by atoms with Crippen LogP contribution in [-0.4, -0.2) is 68.5 Å². The molecule has 0 bridgehead atoms. The monoisotopic (exact) mass is 557 g/mol. The first-order valence-corrected chi connectivity index (χ1v) is 13.3. The minimum Gasteiger partial charge on any atom is -0.389 e. The first-order chi connectivity index (χ1) is 17.7. The van der Waals surface area contributed by atoms with E-state index < -0.39 is 54.3 Å². The smallest absolute Gasteiger partial charge is 0.280 e. The van der Waals surface area contributed by atoms with Crippen LogP contribution in [0.2, 0.25) is 0 Å². The Bertz CT molecular complexity index is 1190. The van der Waals surface area contributed by atoms with Gasteiger partial charge < -0.3 is 20.6 Å². The van der Waals surface area contributed by atoms with Crippen LogP contribution in [-0.2, 0) is 0 Å². The van der Waals surface area contributed by atoms with Gasteiger partial charge in [0.15, 0.2) is 5.01 Å². The van der Waals surface area contributed by atoms with E-state index in [1.54, 1.807) is 0 Å². The number of rotatable bonds is 8. The third-order valence-corrected chi connectivity index (χ3v) is 7.70. The number of nitrogens with zero attached hydrogens (tertiary/aromatic N) is 3. The van der Waals surface area contributed by atoms with E-state index in [0.717, 1.165) is 30.6 Å². The number of halogens is 4. The van der Waals surface area contributed by atoms with Crippen molar-refractivity contribution in [3.8, 4) is 10.4 Å². The van der Waals surface area contributed by atoms with Crippen molar-refractivity contribution in [2.45, 2.75) is 82.9 Å². The average Bonchev–Trinajstić information content (AvgIpc) is 3.55. The van der Waals surface area contributed by atoms with E-state index in [1.165, 1.54) is 33.0 Å². The second-order valence-corrected chi connectivity index (χ2v) is 11.6. The molecule has 2 amide bonds. The van der Waals surface area contributed by atoms with Crippen molar-refractivity contribution < 1.29 is 32.3 Å². The maximum atomic E-state index is 14.2. The lowest BCUT2D eigenvalue weighted by molar-refractivity contribution is 0.0118. The third-order valence-electron chi connectivity index (χ3n) is 6.62. The predicted molar refractivity (Wildman–Crippen MR) is 135 cm³/mol. The molecular formula is C25H31F4N5O3S. The molecule has 0 unspecified atom stereocenters. The summed E-state index contributed by atoms with van der Waals surface area (Å²) in [5, 5.41) is 15.4. The highest BCUT2D eigenvalue weighted by molar-refractivity contribution is 7.17. The highest BCUT2D eigenvalue weighted by Crippen LogP contribution is 2.40. The minimum absolute atomic E-state index is 0.0546. The summed E-state index contributed by atoms with van der Waals surface area (Å²) in [6.07, 6.45) is 1.61. The van der Waals surface area contributed by atoms with Crippen molar-refractivity contribution in [2.24, 2.45) is 0 Å². The van der Waals surface area contributed by atoms with Crippen molar-refractivity contribution in [1.29, 1.82) is 0 Å². The maximum Gasteiger partial charge on any atom is 0.280 e. The molecule has 1 saturated heterocycles. The molecule has 3 heterocycles. The number of aromatic nitrogens is 2. The molecule has 0 radical (unpaired) electrons. The molecule has 0 aromatic carbocycles. The lowest BCUT2D eigenvalue weighted by Crippen LogP contribution is -2.38. The molecule has 2 fully saturated rings. The summed E-state index contributed by atoms with van der Waals surface area (Å²) < 4.78 is 56.6. The summed E-state index contributed by atoms with van der Waals surface area (Å²) in [6.45, 7) is 3.45. The highest BCUT2D eigenvalue weighted by atomic mass is 32.1. The molecule has 1 aliphatic carbocycles. The van der Waals surface area contributed by atoms with Crippen LogP contribution in [0, 0.1) is 0 Å². The summed E-state index contributed by atoms with van der Waals surface area (Å²) in [4.78, 5) is 35.5. The second kappa shape index (κ2) is 10.8. The zero-order valence-electron chi connectivity index (χ0n) is 21.4. The fourth-order valence-corrected chi connectivity index (χ4v) is 5.74. The van der Waals surface area contributed by atoms with Crippen LogP contribution in [0.1, 0.15) is 85.2 Å². The zero-order valence-corrected chi connectivity index (χ0v) is 22.2. The van der Waals surface area contributed by atoms with Crippen LogP contribution in [0.3, 0.4) is 0 Å². The number of aliphatic hydroxyl groups is 1. The average molecular weight is 558 g/mol. The van der Waals surface area contributed by atoms with Gasteiger partial charge in [-0.15, -0.1) is 11.3 Å². The van der Waals surface area contributed by atoms with Gasteiger partial charge in [0.05, 0.1) is 17.0 Å². The van der Waals surface area contributed by atoms with Crippen LogP contribution >= 0.6 is 11.3 Å². The molecule has 1 atom stereocenters. The maximum absolute atomic E-state index is 14.2. The van der Waals surface area contributed by atoms with Crippen molar-refractivity contribution in [3.05, 3.63) is 28.5 Å². The number of pyridine rings is 1. The van der Waals surface area contributed by atoms with Crippen LogP contribution in [0.4, 0.5) is 23.4 Å². The number of carbonyl (C=O) groups excluding carboxylic acids is 2. The Labute approximate surface area is 221 Å². The largest absolute Gasteiger partial charge is 0.389 e. The van der Waals surface area contributed by atoms with E-state index in [1.807, 2.05) is 0 Å². The van der Waals surface area contributed by atoms with Gasteiger partial charge in [-0.05, 0) is 39.7 Å². The fourth-order valence-electron chi connectivity index (χ4n) is 4.74. The standard InChI is InChI=1S/C25H31F4N5O3S/c1-13-9-25(28,29)12-34(13)23(36)18-19(38-22(33-18)21(35)31-11-24(2,3)37)16-10-30-17(8-15(16)20(26)27)32-14-6-4-5-7-14/h8,10,13-14,20,37H,4-7,9,11-12H2,1-3H3,(H,30,32)(H,31,35)/t13-/m0/s1. The molecule has 13 heteroatoms. The van der Waals surface area contributed by atoms with Crippen molar-refractivity contribution in [2.75, 3.05) is 18.4 Å². The summed E-state index contributed by atoms with van der Waals surface area (Å²) in [6, 6.07) is 0.529. The van der Waals surface area contributed by atoms with Gasteiger partial charge >= 0.3 is 0 Å². The fraction of sp³-hybridized carbons (Fsp3) is 0.600. The molecule has 0 spiro atoms. The Balaban J connectivity index is 1.74. The number of anilines is 1.